The Bertz CT molecular complexity index is 3610. The summed E-state index contributed by atoms with van der Waals surface area (Å²) in [5.74, 6) is 0.0827. The van der Waals surface area contributed by atoms with Crippen LogP contribution in [0.2, 0.25) is 0 Å². The number of likely N-dealkylation sites (N-methyl/N-ethyl adjacent to an activating group) is 2. The zero-order valence-corrected chi connectivity index (χ0v) is 46.8. The van der Waals surface area contributed by atoms with E-state index < -0.39 is 48.2 Å². The van der Waals surface area contributed by atoms with E-state index in [4.69, 9.17) is 37.9 Å². The van der Waals surface area contributed by atoms with Crippen molar-refractivity contribution in [2.45, 2.75) is 123 Å². The van der Waals surface area contributed by atoms with Gasteiger partial charge in [0.15, 0.2) is 46.1 Å². The summed E-state index contributed by atoms with van der Waals surface area (Å²) in [6.45, 7) is 12.8. The number of benzene rings is 2. The van der Waals surface area contributed by atoms with Crippen LogP contribution in [0.25, 0.3) is 12.2 Å². The van der Waals surface area contributed by atoms with E-state index in [0.717, 1.165) is 5.56 Å². The zero-order valence-electron chi connectivity index (χ0n) is 46.8. The molecule has 8 atom stereocenters. The molecule has 1 N–H and O–H groups in total. The monoisotopic (exact) mass is 1110 g/mol. The summed E-state index contributed by atoms with van der Waals surface area (Å²) >= 11 is 0. The number of ketones is 4. The van der Waals surface area contributed by atoms with Crippen molar-refractivity contribution in [1.82, 2.24) is 24.9 Å². The van der Waals surface area contributed by atoms with Gasteiger partial charge < -0.3 is 53.0 Å². The van der Waals surface area contributed by atoms with Crippen LogP contribution >= 0.6 is 0 Å². The van der Waals surface area contributed by atoms with Gasteiger partial charge >= 0.3 is 11.9 Å². The van der Waals surface area contributed by atoms with Crippen LogP contribution in [0, 0.1) is 36.5 Å². The maximum absolute atomic E-state index is 13.9. The minimum atomic E-state index is -0.772. The van der Waals surface area contributed by atoms with Gasteiger partial charge in [-0.25, -0.2) is 0 Å². The van der Waals surface area contributed by atoms with Crippen LogP contribution in [0.3, 0.4) is 0 Å². The average Bonchev–Trinajstić information content (AvgIpc) is 1.90. The number of allylic oxidation sites excluding steroid dienone is 4. The number of nitriles is 2. The molecule has 2 aliphatic carbocycles. The molecule has 0 spiro atoms. The van der Waals surface area contributed by atoms with Crippen LogP contribution < -0.4 is 33.7 Å². The van der Waals surface area contributed by atoms with Crippen LogP contribution in [-0.4, -0.2) is 145 Å². The number of amides is 1. The molecule has 10 aliphatic rings. The summed E-state index contributed by atoms with van der Waals surface area (Å²) in [5.41, 5.74) is 6.96. The lowest BCUT2D eigenvalue weighted by atomic mass is 9.71. The molecule has 0 radical (unpaired) electrons. The molecule has 22 heteroatoms. The van der Waals surface area contributed by atoms with E-state index in [1.807, 2.05) is 48.7 Å². The van der Waals surface area contributed by atoms with Crippen molar-refractivity contribution in [3.05, 3.63) is 89.7 Å². The molecule has 22 nitrogen and oxygen atoms in total. The van der Waals surface area contributed by atoms with Crippen LogP contribution in [0.4, 0.5) is 0 Å². The van der Waals surface area contributed by atoms with Gasteiger partial charge in [-0.3, -0.25) is 43.4 Å². The molecular weight excluding hydrogens is 1050 g/mol. The van der Waals surface area contributed by atoms with Crippen molar-refractivity contribution in [2.24, 2.45) is 0 Å². The third kappa shape index (κ3) is 7.73. The van der Waals surface area contributed by atoms with Gasteiger partial charge in [-0.05, 0) is 73.2 Å². The standard InChI is InChI=1S/C30H30N4O8.C29H29N3O7/c1-12-25(37)16-7-18-20(9-31)34-19(24(33(18)5)23(16)26(38)28(12)39-6)8-17-22(21(34)10-32-14(3)35)30-29(40-11-41-30)13(2)27(17)42-15(4)36;1-7-17-21-16(26(39-14(4)33)13(3)28-29(21)38-11-37-28)9-19-23-22-15(24(34)12(2)27(36-6)25(22)35)8-18(31(23)5)20(10-30)32(17)19/h8,18,20-21,24H,7,10-11H2,1-6H3,(H,32,35);9,17-18,20,23H,7-8,11H2,1-6H3/t18-,20-,21-,24-;17-,18-,20-,23-/m00/s1. The number of carbonyl (C=O) groups is 7. The molecule has 2 aromatic carbocycles. The van der Waals surface area contributed by atoms with Crippen molar-refractivity contribution < 1.29 is 71.5 Å². The smallest absolute Gasteiger partial charge is 0.308 e. The first-order valence-corrected chi connectivity index (χ1v) is 26.6. The lowest BCUT2D eigenvalue weighted by Gasteiger charge is -2.57. The quantitative estimate of drug-likeness (QED) is 0.219. The molecule has 420 valence electrons. The molecule has 2 fully saturated rings. The second-order valence-corrected chi connectivity index (χ2v) is 21.5. The molecular formula is C59H59N7O15. The number of hydrogen-bond donors (Lipinski definition) is 1. The van der Waals surface area contributed by atoms with Gasteiger partial charge in [0.25, 0.3) is 0 Å². The fourth-order valence-corrected chi connectivity index (χ4v) is 14.0. The highest BCUT2D eigenvalue weighted by Crippen LogP contribution is 2.59. The second-order valence-electron chi connectivity index (χ2n) is 21.5. The fourth-order valence-electron chi connectivity index (χ4n) is 14.0. The Kier molecular flexibility index (Phi) is 13.3. The van der Waals surface area contributed by atoms with Crippen LogP contribution in [-0.2, 0) is 43.0 Å². The summed E-state index contributed by atoms with van der Waals surface area (Å²) in [6, 6.07) is 0.452. The molecule has 4 bridgehead atoms. The lowest BCUT2D eigenvalue weighted by molar-refractivity contribution is -0.132. The van der Waals surface area contributed by atoms with E-state index in [-0.39, 0.29) is 103 Å². The molecule has 12 rings (SSSR count). The molecule has 2 saturated heterocycles. The number of esters is 2. The topological polar surface area (TPSA) is 266 Å². The lowest BCUT2D eigenvalue weighted by Crippen LogP contribution is -2.66. The Morgan fingerprint density at radius 2 is 1.02 bits per heavy atom. The predicted octanol–water partition coefficient (Wildman–Crippen LogP) is 4.93. The molecule has 0 saturated carbocycles. The number of Topliss-reactive ketones (excluding diaryl/α,β-unsaturated/α-hetero) is 4. The van der Waals surface area contributed by atoms with E-state index in [1.54, 1.807) is 26.8 Å². The maximum Gasteiger partial charge on any atom is 0.308 e. The molecule has 2 aromatic rings. The summed E-state index contributed by atoms with van der Waals surface area (Å²) in [5, 5.41) is 24.0. The summed E-state index contributed by atoms with van der Waals surface area (Å²) in [4.78, 5) is 99.2. The largest absolute Gasteiger partial charge is 0.492 e. The zero-order chi connectivity index (χ0) is 58.1. The van der Waals surface area contributed by atoms with E-state index in [0.29, 0.717) is 96.7 Å². The third-order valence-corrected chi connectivity index (χ3v) is 17.3. The molecule has 8 aliphatic heterocycles. The Balaban J connectivity index is 0.000000171. The number of carbonyl (C=O) groups excluding carboxylic acids is 7. The minimum absolute atomic E-state index is 0.00835. The van der Waals surface area contributed by atoms with Gasteiger partial charge in [-0.1, -0.05) is 6.92 Å². The van der Waals surface area contributed by atoms with Crippen molar-refractivity contribution in [3.63, 3.8) is 0 Å². The number of nitrogens with one attached hydrogen (secondary N) is 1. The number of methoxy groups -OCH3 is 2. The maximum atomic E-state index is 13.9. The van der Waals surface area contributed by atoms with Gasteiger partial charge in [0.05, 0.1) is 50.5 Å². The highest BCUT2D eigenvalue weighted by molar-refractivity contribution is 6.26. The molecule has 1 amide bonds. The molecule has 8 heterocycles. The average molecular weight is 1110 g/mol. The Labute approximate surface area is 466 Å². The van der Waals surface area contributed by atoms with E-state index in [2.05, 4.69) is 22.4 Å². The highest BCUT2D eigenvalue weighted by Gasteiger charge is 2.58. The van der Waals surface area contributed by atoms with Crippen molar-refractivity contribution >= 4 is 53.1 Å². The fraction of sp³-hybridized carbons (Fsp3) is 0.441. The summed E-state index contributed by atoms with van der Waals surface area (Å²) in [6.07, 6.45) is 4.73. The predicted molar refractivity (Wildman–Crippen MR) is 284 cm³/mol. The van der Waals surface area contributed by atoms with Crippen LogP contribution in [0.5, 0.6) is 34.5 Å². The van der Waals surface area contributed by atoms with E-state index in [9.17, 15) is 44.1 Å². The first-order valence-electron chi connectivity index (χ1n) is 26.6. The number of piperazine rings is 2. The molecule has 81 heavy (non-hydrogen) atoms. The van der Waals surface area contributed by atoms with Crippen molar-refractivity contribution in [2.75, 3.05) is 48.4 Å². The highest BCUT2D eigenvalue weighted by atomic mass is 16.7. The molecule has 0 unspecified atom stereocenters. The normalized spacial score (nSPS) is 26.3. The van der Waals surface area contributed by atoms with Crippen LogP contribution in [0.1, 0.15) is 106 Å². The summed E-state index contributed by atoms with van der Waals surface area (Å²) < 4.78 is 45.7. The molecule has 0 aromatic heterocycles. The third-order valence-electron chi connectivity index (χ3n) is 17.3. The Morgan fingerprint density at radius 1 is 0.630 bits per heavy atom. The number of hydrogen-bond acceptors (Lipinski definition) is 21. The van der Waals surface area contributed by atoms with E-state index in [1.165, 1.54) is 35.0 Å². The van der Waals surface area contributed by atoms with Crippen LogP contribution in [0.15, 0.2) is 56.4 Å². The van der Waals surface area contributed by atoms with Crippen molar-refractivity contribution in [3.8, 4) is 46.6 Å². The first kappa shape index (κ1) is 54.2. The number of nitrogens with zero attached hydrogens (tertiary/aromatic N) is 6. The number of fused-ring (bicyclic) bond motifs is 16. The van der Waals surface area contributed by atoms with E-state index >= 15 is 0 Å². The second kappa shape index (κ2) is 19.8. The van der Waals surface area contributed by atoms with Gasteiger partial charge in [0, 0.05) is 118 Å². The Morgan fingerprint density at radius 3 is 1.40 bits per heavy atom. The van der Waals surface area contributed by atoms with Gasteiger partial charge in [-0.2, -0.15) is 10.5 Å². The summed E-state index contributed by atoms with van der Waals surface area (Å²) in [7, 11) is 6.46. The van der Waals surface area contributed by atoms with Gasteiger partial charge in [0.2, 0.25) is 31.1 Å². The van der Waals surface area contributed by atoms with Gasteiger partial charge in [-0.15, -0.1) is 0 Å². The minimum Gasteiger partial charge on any atom is -0.492 e. The van der Waals surface area contributed by atoms with Crippen molar-refractivity contribution in [1.29, 1.82) is 10.5 Å². The Hall–Kier alpha value is -8.73. The SMILES string of the molecule is CC[C@H]1c2c(c(OC(C)=O)c(C)c3c2OCO3)C=C2[C@H]3C4=C(C[C@@H]([C@H](C#N)N21)N3C)C(=O)C(C)=C(OC)C4=O.COC1=C(C)C(=O)C2=C(C1=O)[C@@H]1C3=Cc4c(OC(C)=O)c(C)c5c(c4[C@H](CNC(C)=O)N3[C@@H](C#N)[C@H](C2)N1C)OCO5. The number of ether oxygens (including phenoxy) is 8. The van der Waals surface area contributed by atoms with Gasteiger partial charge in [0.1, 0.15) is 23.6 Å². The number of rotatable bonds is 7. The first-order chi connectivity index (χ1) is 38.7.